The second-order valence-corrected chi connectivity index (χ2v) is 6.18. The van der Waals surface area contributed by atoms with Crippen LogP contribution in [0.3, 0.4) is 0 Å². The van der Waals surface area contributed by atoms with Crippen LogP contribution >= 0.6 is 0 Å². The molecule has 4 heteroatoms. The van der Waals surface area contributed by atoms with Crippen molar-refractivity contribution in [3.63, 3.8) is 0 Å². The molecular formula is C20H20N2O2. The molecule has 2 N–H and O–H groups in total. The molecule has 2 aromatic rings. The van der Waals surface area contributed by atoms with E-state index in [1.807, 2.05) is 48.5 Å². The van der Waals surface area contributed by atoms with Gasteiger partial charge in [-0.25, -0.2) is 0 Å². The van der Waals surface area contributed by atoms with Gasteiger partial charge in [0, 0.05) is 17.7 Å². The monoisotopic (exact) mass is 320 g/mol. The number of allylic oxidation sites excluding steroid dienone is 1. The van der Waals surface area contributed by atoms with Gasteiger partial charge in [-0.15, -0.1) is 0 Å². The molecule has 2 unspecified atom stereocenters. The molecule has 1 heterocycles. The summed E-state index contributed by atoms with van der Waals surface area (Å²) in [5.74, 6) is 0.825. The van der Waals surface area contributed by atoms with E-state index in [0.29, 0.717) is 6.42 Å². The minimum Gasteiger partial charge on any atom is -0.496 e. The number of ketones is 1. The van der Waals surface area contributed by atoms with E-state index in [-0.39, 0.29) is 17.7 Å². The van der Waals surface area contributed by atoms with Crippen LogP contribution in [0, 0.1) is 5.92 Å². The third-order valence-electron chi connectivity index (χ3n) is 4.76. The molecule has 2 atom stereocenters. The van der Waals surface area contributed by atoms with Crippen LogP contribution in [0.2, 0.25) is 0 Å². The van der Waals surface area contributed by atoms with E-state index in [1.54, 1.807) is 7.11 Å². The summed E-state index contributed by atoms with van der Waals surface area (Å²) < 4.78 is 5.55. The summed E-state index contributed by atoms with van der Waals surface area (Å²) in [6.07, 6.45) is 3.52. The summed E-state index contributed by atoms with van der Waals surface area (Å²) in [7, 11) is 1.67. The molecule has 0 aromatic heterocycles. The second kappa shape index (κ2) is 6.04. The molecule has 0 bridgehead atoms. The van der Waals surface area contributed by atoms with Crippen molar-refractivity contribution < 1.29 is 9.53 Å². The highest BCUT2D eigenvalue weighted by atomic mass is 16.5. The maximum absolute atomic E-state index is 12.8. The summed E-state index contributed by atoms with van der Waals surface area (Å²) in [5.41, 5.74) is 3.99. The van der Waals surface area contributed by atoms with Crippen molar-refractivity contribution in [1.29, 1.82) is 0 Å². The van der Waals surface area contributed by atoms with Crippen LogP contribution in [-0.4, -0.2) is 12.9 Å². The predicted molar refractivity (Wildman–Crippen MR) is 95.2 cm³/mol. The Morgan fingerprint density at radius 3 is 2.62 bits per heavy atom. The first kappa shape index (κ1) is 14.8. The SMILES string of the molecule is COc1ccccc1C1Nc2ccccc2NC2=CCCC(=O)C21. The van der Waals surface area contributed by atoms with Crippen LogP contribution in [-0.2, 0) is 4.79 Å². The van der Waals surface area contributed by atoms with Gasteiger partial charge >= 0.3 is 0 Å². The van der Waals surface area contributed by atoms with Gasteiger partial charge in [0.15, 0.2) is 0 Å². The van der Waals surface area contributed by atoms with Crippen molar-refractivity contribution in [2.75, 3.05) is 17.7 Å². The molecule has 24 heavy (non-hydrogen) atoms. The Balaban J connectivity index is 1.88. The summed E-state index contributed by atoms with van der Waals surface area (Å²) in [6.45, 7) is 0. The van der Waals surface area contributed by atoms with Gasteiger partial charge in [-0.1, -0.05) is 36.4 Å². The van der Waals surface area contributed by atoms with Crippen molar-refractivity contribution in [3.8, 4) is 5.75 Å². The minimum absolute atomic E-state index is 0.156. The average Bonchev–Trinajstić information content (AvgIpc) is 2.79. The van der Waals surface area contributed by atoms with E-state index < -0.39 is 0 Å². The molecule has 122 valence electrons. The van der Waals surface area contributed by atoms with Gasteiger partial charge in [-0.2, -0.15) is 0 Å². The number of methoxy groups -OCH3 is 1. The average molecular weight is 320 g/mol. The fourth-order valence-corrected chi connectivity index (χ4v) is 3.63. The number of anilines is 2. The zero-order valence-electron chi connectivity index (χ0n) is 13.6. The van der Waals surface area contributed by atoms with E-state index in [2.05, 4.69) is 16.7 Å². The zero-order valence-corrected chi connectivity index (χ0v) is 13.6. The first-order chi connectivity index (χ1) is 11.8. The van der Waals surface area contributed by atoms with Gasteiger partial charge in [-0.05, 0) is 24.6 Å². The van der Waals surface area contributed by atoms with Crippen LogP contribution in [0.25, 0.3) is 0 Å². The lowest BCUT2D eigenvalue weighted by molar-refractivity contribution is -0.122. The highest BCUT2D eigenvalue weighted by Crippen LogP contribution is 2.43. The highest BCUT2D eigenvalue weighted by molar-refractivity contribution is 5.89. The summed E-state index contributed by atoms with van der Waals surface area (Å²) in [6, 6.07) is 15.8. The summed E-state index contributed by atoms with van der Waals surface area (Å²) in [5, 5.41) is 7.04. The number of para-hydroxylation sites is 3. The number of hydrogen-bond donors (Lipinski definition) is 2. The van der Waals surface area contributed by atoms with Crippen LogP contribution in [0.15, 0.2) is 60.3 Å². The third-order valence-corrected chi connectivity index (χ3v) is 4.76. The molecule has 1 aliphatic carbocycles. The first-order valence-electron chi connectivity index (χ1n) is 8.26. The topological polar surface area (TPSA) is 50.4 Å². The highest BCUT2D eigenvalue weighted by Gasteiger charge is 2.38. The van der Waals surface area contributed by atoms with Crippen molar-refractivity contribution in [2.24, 2.45) is 5.92 Å². The Morgan fingerprint density at radius 1 is 1.04 bits per heavy atom. The number of ether oxygens (including phenoxy) is 1. The zero-order chi connectivity index (χ0) is 16.5. The molecule has 0 saturated carbocycles. The van der Waals surface area contributed by atoms with Crippen LogP contribution in [0.5, 0.6) is 5.75 Å². The maximum atomic E-state index is 12.8. The molecule has 1 aliphatic heterocycles. The number of nitrogens with one attached hydrogen (secondary N) is 2. The lowest BCUT2D eigenvalue weighted by Gasteiger charge is -2.30. The molecule has 0 saturated heterocycles. The van der Waals surface area contributed by atoms with Gasteiger partial charge < -0.3 is 15.4 Å². The van der Waals surface area contributed by atoms with Crippen molar-refractivity contribution in [1.82, 2.24) is 0 Å². The van der Waals surface area contributed by atoms with Gasteiger partial charge in [0.1, 0.15) is 11.5 Å². The molecule has 2 aliphatic rings. The Morgan fingerprint density at radius 2 is 1.79 bits per heavy atom. The van der Waals surface area contributed by atoms with Gasteiger partial charge in [0.05, 0.1) is 30.4 Å². The number of rotatable bonds is 2. The number of Topliss-reactive ketones (excluding diaryl/α,β-unsaturated/α-hetero) is 1. The molecule has 2 aromatic carbocycles. The molecular weight excluding hydrogens is 300 g/mol. The number of carbonyl (C=O) groups excluding carboxylic acids is 1. The Kier molecular flexibility index (Phi) is 3.73. The molecule has 0 radical (unpaired) electrons. The number of benzene rings is 2. The van der Waals surface area contributed by atoms with E-state index in [4.69, 9.17) is 4.74 Å². The maximum Gasteiger partial charge on any atom is 0.144 e. The van der Waals surface area contributed by atoms with E-state index in [1.165, 1.54) is 0 Å². The Labute approximate surface area is 141 Å². The molecule has 0 spiro atoms. The largest absolute Gasteiger partial charge is 0.496 e. The first-order valence-corrected chi connectivity index (χ1v) is 8.26. The van der Waals surface area contributed by atoms with Crippen molar-refractivity contribution in [2.45, 2.75) is 18.9 Å². The Hall–Kier alpha value is -2.75. The van der Waals surface area contributed by atoms with Crippen molar-refractivity contribution in [3.05, 3.63) is 65.9 Å². The fraction of sp³-hybridized carbons (Fsp3) is 0.250. The van der Waals surface area contributed by atoms with E-state index in [0.717, 1.165) is 34.8 Å². The predicted octanol–water partition coefficient (Wildman–Crippen LogP) is 4.14. The van der Waals surface area contributed by atoms with E-state index in [9.17, 15) is 4.79 Å². The lowest BCUT2D eigenvalue weighted by Crippen LogP contribution is -2.32. The minimum atomic E-state index is -0.234. The Bertz CT molecular complexity index is 813. The number of fused-ring (bicyclic) bond motifs is 2. The third kappa shape index (κ3) is 2.44. The van der Waals surface area contributed by atoms with Gasteiger partial charge in [0.2, 0.25) is 0 Å². The van der Waals surface area contributed by atoms with Gasteiger partial charge in [-0.3, -0.25) is 4.79 Å². The molecule has 0 amide bonds. The molecule has 4 rings (SSSR count). The normalized spacial score (nSPS) is 22.2. The van der Waals surface area contributed by atoms with Crippen LogP contribution in [0.4, 0.5) is 11.4 Å². The number of hydrogen-bond acceptors (Lipinski definition) is 4. The van der Waals surface area contributed by atoms with Crippen LogP contribution < -0.4 is 15.4 Å². The van der Waals surface area contributed by atoms with Gasteiger partial charge in [0.25, 0.3) is 0 Å². The fourth-order valence-electron chi connectivity index (χ4n) is 3.63. The van der Waals surface area contributed by atoms with Crippen LogP contribution in [0.1, 0.15) is 24.4 Å². The standard InChI is InChI=1S/C20H20N2O2/c1-24-18-12-5-2-7-13(18)20-19-16(10-6-11-17(19)23)21-14-8-3-4-9-15(14)22-20/h2-5,7-10,12,19-22H,6,11H2,1H3. The second-order valence-electron chi connectivity index (χ2n) is 6.18. The van der Waals surface area contributed by atoms with Crippen molar-refractivity contribution >= 4 is 17.2 Å². The quantitative estimate of drug-likeness (QED) is 0.873. The smallest absolute Gasteiger partial charge is 0.144 e. The lowest BCUT2D eigenvalue weighted by atomic mass is 9.81. The van der Waals surface area contributed by atoms with E-state index >= 15 is 0 Å². The summed E-state index contributed by atoms with van der Waals surface area (Å²) in [4.78, 5) is 12.8. The summed E-state index contributed by atoms with van der Waals surface area (Å²) >= 11 is 0. The number of carbonyl (C=O) groups is 1. The molecule has 4 nitrogen and oxygen atoms in total. The molecule has 0 fully saturated rings.